The summed E-state index contributed by atoms with van der Waals surface area (Å²) < 4.78 is 15.6. The maximum Gasteiger partial charge on any atom is 0.415 e. The lowest BCUT2D eigenvalue weighted by molar-refractivity contribution is -0.146. The molecular formula is C15H14N2O7. The van der Waals surface area contributed by atoms with Crippen LogP contribution in [0.1, 0.15) is 0 Å². The summed E-state index contributed by atoms with van der Waals surface area (Å²) in [4.78, 5) is 38.0. The molecule has 2 fully saturated rings. The highest BCUT2D eigenvalue weighted by Crippen LogP contribution is 2.41. The van der Waals surface area contributed by atoms with Crippen LogP contribution in [0.5, 0.6) is 5.75 Å². The van der Waals surface area contributed by atoms with Crippen LogP contribution in [0.25, 0.3) is 0 Å². The van der Waals surface area contributed by atoms with Crippen molar-refractivity contribution in [3.8, 4) is 5.75 Å². The Hall–Kier alpha value is -2.81. The third-order valence-corrected chi connectivity index (χ3v) is 4.26. The van der Waals surface area contributed by atoms with E-state index in [0.29, 0.717) is 30.3 Å². The van der Waals surface area contributed by atoms with Gasteiger partial charge in [0.25, 0.3) is 5.91 Å². The summed E-state index contributed by atoms with van der Waals surface area (Å²) in [5.41, 5.74) is 1.08. The molecule has 24 heavy (non-hydrogen) atoms. The Labute approximate surface area is 136 Å². The zero-order valence-corrected chi connectivity index (χ0v) is 12.5. The number of carbonyl (C=O) groups excluding carboxylic acids is 2. The van der Waals surface area contributed by atoms with Crippen molar-refractivity contribution >= 4 is 29.3 Å². The van der Waals surface area contributed by atoms with Crippen molar-refractivity contribution in [2.75, 3.05) is 36.2 Å². The summed E-state index contributed by atoms with van der Waals surface area (Å²) in [7, 11) is 0. The molecule has 0 radical (unpaired) electrons. The van der Waals surface area contributed by atoms with Crippen LogP contribution in [0.3, 0.4) is 0 Å². The minimum absolute atomic E-state index is 0.0101. The van der Waals surface area contributed by atoms with E-state index in [4.69, 9.17) is 19.3 Å². The minimum atomic E-state index is -1.26. The van der Waals surface area contributed by atoms with E-state index in [1.54, 1.807) is 23.1 Å². The first kappa shape index (κ1) is 14.8. The first-order chi connectivity index (χ1) is 11.6. The summed E-state index contributed by atoms with van der Waals surface area (Å²) in [6.45, 7) is 0.923. The van der Waals surface area contributed by atoms with Crippen LogP contribution in [0, 0.1) is 0 Å². The molecule has 0 bridgehead atoms. The number of anilines is 2. The number of ether oxygens (including phenoxy) is 3. The van der Waals surface area contributed by atoms with Crippen LogP contribution in [0.15, 0.2) is 18.2 Å². The molecule has 1 N–H and O–H groups in total. The quantitative estimate of drug-likeness (QED) is 0.824. The first-order valence-corrected chi connectivity index (χ1v) is 7.44. The fourth-order valence-corrected chi connectivity index (χ4v) is 3.12. The monoisotopic (exact) mass is 334 g/mol. The number of rotatable bonds is 2. The summed E-state index contributed by atoms with van der Waals surface area (Å²) in [6, 6.07) is 4.27. The van der Waals surface area contributed by atoms with Crippen molar-refractivity contribution in [2.24, 2.45) is 0 Å². The molecule has 0 saturated carbocycles. The van der Waals surface area contributed by atoms with Gasteiger partial charge in [-0.05, 0) is 12.1 Å². The molecule has 2 saturated heterocycles. The van der Waals surface area contributed by atoms with Crippen LogP contribution >= 0.6 is 0 Å². The van der Waals surface area contributed by atoms with Crippen molar-refractivity contribution in [1.82, 2.24) is 0 Å². The van der Waals surface area contributed by atoms with Gasteiger partial charge in [0, 0.05) is 18.3 Å². The van der Waals surface area contributed by atoms with Crippen LogP contribution in [-0.4, -0.2) is 61.6 Å². The highest BCUT2D eigenvalue weighted by atomic mass is 16.6. The Morgan fingerprint density at radius 2 is 2.12 bits per heavy atom. The average Bonchev–Trinajstić information content (AvgIpc) is 2.92. The third-order valence-electron chi connectivity index (χ3n) is 4.26. The van der Waals surface area contributed by atoms with Crippen molar-refractivity contribution in [1.29, 1.82) is 0 Å². The van der Waals surface area contributed by atoms with Crippen LogP contribution in [0.2, 0.25) is 0 Å². The summed E-state index contributed by atoms with van der Waals surface area (Å²) in [5, 5.41) is 9.15. The summed E-state index contributed by atoms with van der Waals surface area (Å²) in [5.74, 6) is -0.953. The molecule has 3 heterocycles. The van der Waals surface area contributed by atoms with Crippen molar-refractivity contribution < 1.29 is 33.7 Å². The van der Waals surface area contributed by atoms with Gasteiger partial charge in [0.05, 0.1) is 12.3 Å². The molecule has 0 spiro atoms. The Kier molecular flexibility index (Phi) is 3.31. The van der Waals surface area contributed by atoms with Gasteiger partial charge in [-0.2, -0.15) is 0 Å². The number of benzene rings is 1. The highest BCUT2D eigenvalue weighted by molar-refractivity contribution is 5.99. The average molecular weight is 334 g/mol. The molecule has 3 aliphatic rings. The number of morpholine rings is 1. The maximum absolute atomic E-state index is 12.0. The smallest absolute Gasteiger partial charge is 0.415 e. The molecule has 2 atom stereocenters. The van der Waals surface area contributed by atoms with E-state index in [1.165, 1.54) is 4.90 Å². The van der Waals surface area contributed by atoms with E-state index in [2.05, 4.69) is 0 Å². The predicted molar refractivity (Wildman–Crippen MR) is 79.3 cm³/mol. The molecule has 2 unspecified atom stereocenters. The predicted octanol–water partition coefficient (Wildman–Crippen LogP) is 0.221. The molecule has 9 nitrogen and oxygen atoms in total. The molecule has 1 aromatic rings. The van der Waals surface area contributed by atoms with Crippen molar-refractivity contribution in [2.45, 2.75) is 12.1 Å². The second kappa shape index (κ2) is 5.38. The maximum atomic E-state index is 12.0. The van der Waals surface area contributed by atoms with Gasteiger partial charge in [-0.3, -0.25) is 9.69 Å². The second-order valence-electron chi connectivity index (χ2n) is 5.64. The van der Waals surface area contributed by atoms with E-state index < -0.39 is 24.2 Å². The first-order valence-electron chi connectivity index (χ1n) is 7.44. The van der Waals surface area contributed by atoms with Gasteiger partial charge >= 0.3 is 12.1 Å². The Bertz CT molecular complexity index is 735. The van der Waals surface area contributed by atoms with Crippen molar-refractivity contribution in [3.63, 3.8) is 0 Å². The van der Waals surface area contributed by atoms with E-state index in [0.717, 1.165) is 0 Å². The zero-order chi connectivity index (χ0) is 16.8. The van der Waals surface area contributed by atoms with Gasteiger partial charge in [0.15, 0.2) is 0 Å². The fourth-order valence-electron chi connectivity index (χ4n) is 3.12. The lowest BCUT2D eigenvalue weighted by atomic mass is 10.1. The minimum Gasteiger partial charge on any atom is -0.489 e. The molecule has 9 heteroatoms. The molecule has 2 amide bonds. The van der Waals surface area contributed by atoms with E-state index >= 15 is 0 Å². The highest BCUT2D eigenvalue weighted by Gasteiger charge is 2.50. The molecule has 0 aliphatic carbocycles. The van der Waals surface area contributed by atoms with Crippen LogP contribution < -0.4 is 14.5 Å². The third kappa shape index (κ3) is 2.16. The van der Waals surface area contributed by atoms with Crippen LogP contribution in [-0.2, 0) is 19.1 Å². The van der Waals surface area contributed by atoms with E-state index in [9.17, 15) is 14.4 Å². The number of carboxylic acid groups (broad SMARTS) is 1. The number of nitrogens with zero attached hydrogens (tertiary/aromatic N) is 2. The number of hydrogen-bond acceptors (Lipinski definition) is 6. The summed E-state index contributed by atoms with van der Waals surface area (Å²) in [6.07, 6.45) is -1.97. The number of aliphatic carboxylic acids is 1. The van der Waals surface area contributed by atoms with Gasteiger partial charge in [-0.15, -0.1) is 0 Å². The van der Waals surface area contributed by atoms with Crippen molar-refractivity contribution in [3.05, 3.63) is 18.2 Å². The number of fused-ring (bicyclic) bond motifs is 3. The van der Waals surface area contributed by atoms with E-state index in [1.807, 2.05) is 0 Å². The largest absolute Gasteiger partial charge is 0.489 e. The SMILES string of the molecule is O=C(O)C1OC(=O)N2c3ccc(N4CCOCC4=O)cc3OCC12. The Morgan fingerprint density at radius 3 is 2.88 bits per heavy atom. The topological polar surface area (TPSA) is 106 Å². The number of carboxylic acids is 1. The standard InChI is InChI=1S/C15H14N2O7/c18-12-7-22-4-3-16(12)8-1-2-9-11(5-8)23-6-10-13(14(19)20)24-15(21)17(9)10/h1-2,5,10,13H,3-4,6-7H2,(H,19,20). The van der Waals surface area contributed by atoms with Gasteiger partial charge < -0.3 is 24.2 Å². The number of hydrogen-bond donors (Lipinski definition) is 1. The zero-order valence-electron chi connectivity index (χ0n) is 12.5. The molecule has 126 valence electrons. The molecular weight excluding hydrogens is 320 g/mol. The van der Waals surface area contributed by atoms with Gasteiger partial charge in [0.1, 0.15) is 25.0 Å². The summed E-state index contributed by atoms with van der Waals surface area (Å²) >= 11 is 0. The molecule has 1 aromatic carbocycles. The van der Waals surface area contributed by atoms with Gasteiger partial charge in [0.2, 0.25) is 6.10 Å². The number of amides is 2. The number of carbonyl (C=O) groups is 3. The fraction of sp³-hybridized carbons (Fsp3) is 0.400. The van der Waals surface area contributed by atoms with Gasteiger partial charge in [-0.1, -0.05) is 0 Å². The number of cyclic esters (lactones) is 1. The van der Waals surface area contributed by atoms with E-state index in [-0.39, 0.29) is 19.1 Å². The lowest BCUT2D eigenvalue weighted by Gasteiger charge is -2.32. The molecule has 3 aliphatic heterocycles. The molecule has 0 aromatic heterocycles. The second-order valence-corrected chi connectivity index (χ2v) is 5.64. The Morgan fingerprint density at radius 1 is 1.29 bits per heavy atom. The molecule has 4 rings (SSSR count). The van der Waals surface area contributed by atoms with Gasteiger partial charge in [-0.25, -0.2) is 9.59 Å². The Balaban J connectivity index is 1.67. The lowest BCUT2D eigenvalue weighted by Crippen LogP contribution is -2.47. The van der Waals surface area contributed by atoms with Crippen LogP contribution in [0.4, 0.5) is 16.2 Å². The normalized spacial score (nSPS) is 25.7.